The molecule has 0 aliphatic rings. The second-order valence-corrected chi connectivity index (χ2v) is 2.30. The molecule has 0 saturated heterocycles. The van der Waals surface area contributed by atoms with E-state index in [4.69, 9.17) is 20.6 Å². The first-order chi connectivity index (χ1) is 6.02. The first kappa shape index (κ1) is 9.30. The third-order valence-corrected chi connectivity index (χ3v) is 1.43. The average molecular weight is 185 g/mol. The highest BCUT2D eigenvalue weighted by atomic mass is 16.8. The third-order valence-electron chi connectivity index (χ3n) is 1.43. The first-order valence-electron chi connectivity index (χ1n) is 3.26. The van der Waals surface area contributed by atoms with Crippen LogP contribution in [0.15, 0.2) is 18.2 Å². The fourth-order valence-corrected chi connectivity index (χ4v) is 0.870. The van der Waals surface area contributed by atoms with E-state index in [1.165, 1.54) is 0 Å². The standard InChI is InChI=1S/C7H7NO5/c9-4-1-2-6(8(12)13)5(3-4)7(10)11/h1-3,9,12-13H,(H,10,11). The predicted molar refractivity (Wildman–Crippen MR) is 41.1 cm³/mol. The number of nitrogens with zero attached hydrogens (tertiary/aromatic N) is 1. The molecule has 0 aromatic heterocycles. The van der Waals surface area contributed by atoms with E-state index in [9.17, 15) is 4.79 Å². The Morgan fingerprint density at radius 3 is 2.38 bits per heavy atom. The highest BCUT2D eigenvalue weighted by Crippen LogP contribution is 2.22. The molecule has 1 aromatic rings. The van der Waals surface area contributed by atoms with Crippen molar-refractivity contribution in [2.45, 2.75) is 0 Å². The molecule has 6 heteroatoms. The summed E-state index contributed by atoms with van der Waals surface area (Å²) in [6, 6.07) is 3.12. The normalized spacial score (nSPS) is 9.69. The molecule has 4 N–H and O–H groups in total. The van der Waals surface area contributed by atoms with Crippen LogP contribution in [0.25, 0.3) is 0 Å². The Kier molecular flexibility index (Phi) is 2.36. The maximum absolute atomic E-state index is 10.5. The van der Waals surface area contributed by atoms with Gasteiger partial charge < -0.3 is 10.2 Å². The van der Waals surface area contributed by atoms with Gasteiger partial charge in [0.25, 0.3) is 0 Å². The van der Waals surface area contributed by atoms with E-state index < -0.39 is 11.5 Å². The molecule has 13 heavy (non-hydrogen) atoms. The van der Waals surface area contributed by atoms with Gasteiger partial charge in [-0.25, -0.2) is 4.79 Å². The van der Waals surface area contributed by atoms with Crippen LogP contribution in [0.5, 0.6) is 5.75 Å². The third kappa shape index (κ3) is 1.86. The zero-order chi connectivity index (χ0) is 10.0. The summed E-state index contributed by atoms with van der Waals surface area (Å²) in [7, 11) is 0. The molecular weight excluding hydrogens is 178 g/mol. The molecule has 0 amide bonds. The number of phenols is 1. The smallest absolute Gasteiger partial charge is 0.338 e. The fourth-order valence-electron chi connectivity index (χ4n) is 0.870. The number of aromatic carboxylic acids is 1. The Morgan fingerprint density at radius 2 is 1.92 bits per heavy atom. The molecule has 0 atom stereocenters. The van der Waals surface area contributed by atoms with Gasteiger partial charge in [0, 0.05) is 0 Å². The van der Waals surface area contributed by atoms with Crippen molar-refractivity contribution in [1.82, 2.24) is 0 Å². The maximum Gasteiger partial charge on any atom is 0.338 e. The summed E-state index contributed by atoms with van der Waals surface area (Å²) in [6.07, 6.45) is 0. The van der Waals surface area contributed by atoms with E-state index in [0.717, 1.165) is 18.2 Å². The summed E-state index contributed by atoms with van der Waals surface area (Å²) in [5.41, 5.74) is -0.713. The lowest BCUT2D eigenvalue weighted by Gasteiger charge is -2.10. The summed E-state index contributed by atoms with van der Waals surface area (Å²) in [5, 5.41) is 34.4. The molecule has 0 spiro atoms. The van der Waals surface area contributed by atoms with Crippen LogP contribution >= 0.6 is 0 Å². The molecule has 0 aliphatic heterocycles. The lowest BCUT2D eigenvalue weighted by atomic mass is 10.2. The number of hydrogen-bond donors (Lipinski definition) is 4. The lowest BCUT2D eigenvalue weighted by molar-refractivity contribution is 0.0277. The number of rotatable bonds is 2. The van der Waals surface area contributed by atoms with Gasteiger partial charge in [0.05, 0.1) is 5.56 Å². The molecule has 1 aromatic carbocycles. The van der Waals surface area contributed by atoms with Crippen LogP contribution in [0.3, 0.4) is 0 Å². The van der Waals surface area contributed by atoms with Gasteiger partial charge in [0.15, 0.2) is 0 Å². The van der Waals surface area contributed by atoms with Gasteiger partial charge in [-0.2, -0.15) is 0 Å². The number of phenolic OH excluding ortho intramolecular Hbond substituents is 1. The Labute approximate surface area is 72.8 Å². The zero-order valence-electron chi connectivity index (χ0n) is 6.38. The minimum atomic E-state index is -1.36. The van der Waals surface area contributed by atoms with E-state index in [1.54, 1.807) is 0 Å². The van der Waals surface area contributed by atoms with Crippen LogP contribution in [-0.4, -0.2) is 26.6 Å². The van der Waals surface area contributed by atoms with Crippen LogP contribution in [0.2, 0.25) is 0 Å². The molecule has 0 fully saturated rings. The van der Waals surface area contributed by atoms with Gasteiger partial charge in [-0.15, -0.1) is 5.23 Å². The monoisotopic (exact) mass is 185 g/mol. The SMILES string of the molecule is O=C(O)c1cc(O)ccc1N(O)O. The van der Waals surface area contributed by atoms with Gasteiger partial charge >= 0.3 is 5.97 Å². The lowest BCUT2D eigenvalue weighted by Crippen LogP contribution is -2.15. The van der Waals surface area contributed by atoms with Crippen molar-refractivity contribution in [3.63, 3.8) is 0 Å². The van der Waals surface area contributed by atoms with Crippen molar-refractivity contribution in [3.8, 4) is 5.75 Å². The summed E-state index contributed by atoms with van der Waals surface area (Å²) in [4.78, 5) is 10.5. The molecule has 70 valence electrons. The van der Waals surface area contributed by atoms with Crippen molar-refractivity contribution >= 4 is 11.7 Å². The molecule has 0 saturated carbocycles. The summed E-state index contributed by atoms with van der Waals surface area (Å²) >= 11 is 0. The van der Waals surface area contributed by atoms with Gasteiger partial charge in [-0.3, -0.25) is 10.4 Å². The quantitative estimate of drug-likeness (QED) is 0.505. The molecule has 0 unspecified atom stereocenters. The average Bonchev–Trinajstić information content (AvgIpc) is 2.03. The second kappa shape index (κ2) is 3.30. The van der Waals surface area contributed by atoms with E-state index in [-0.39, 0.29) is 16.7 Å². The number of carbonyl (C=O) groups is 1. The Morgan fingerprint density at radius 1 is 1.31 bits per heavy atom. The maximum atomic E-state index is 10.5. The Bertz CT molecular complexity index is 336. The fraction of sp³-hybridized carbons (Fsp3) is 0. The second-order valence-electron chi connectivity index (χ2n) is 2.30. The predicted octanol–water partition coefficient (Wildman–Crippen LogP) is 0.675. The van der Waals surface area contributed by atoms with E-state index in [1.807, 2.05) is 0 Å². The number of carboxylic acids is 1. The zero-order valence-corrected chi connectivity index (χ0v) is 6.38. The van der Waals surface area contributed by atoms with Crippen LogP contribution < -0.4 is 5.23 Å². The van der Waals surface area contributed by atoms with Crippen molar-refractivity contribution in [3.05, 3.63) is 23.8 Å². The van der Waals surface area contributed by atoms with Crippen molar-refractivity contribution in [2.75, 3.05) is 5.23 Å². The molecule has 6 nitrogen and oxygen atoms in total. The molecular formula is C7H7NO5. The number of anilines is 1. The molecule has 0 bridgehead atoms. The summed E-state index contributed by atoms with van der Waals surface area (Å²) in [5.74, 6) is -1.62. The number of carboxylic acid groups (broad SMARTS) is 1. The van der Waals surface area contributed by atoms with Gasteiger partial charge in [0.1, 0.15) is 11.4 Å². The van der Waals surface area contributed by atoms with E-state index in [0.29, 0.717) is 0 Å². The Hall–Kier alpha value is -1.79. The molecule has 0 radical (unpaired) electrons. The topological polar surface area (TPSA) is 101 Å². The van der Waals surface area contributed by atoms with Crippen LogP contribution in [0.1, 0.15) is 10.4 Å². The molecule has 0 heterocycles. The minimum Gasteiger partial charge on any atom is -0.508 e. The van der Waals surface area contributed by atoms with Crippen molar-refractivity contribution in [2.24, 2.45) is 0 Å². The minimum absolute atomic E-state index is 0.261. The molecule has 0 aliphatic carbocycles. The van der Waals surface area contributed by atoms with E-state index in [2.05, 4.69) is 0 Å². The largest absolute Gasteiger partial charge is 0.508 e. The number of hydrogen-bond acceptors (Lipinski definition) is 5. The van der Waals surface area contributed by atoms with Crippen LogP contribution in [0.4, 0.5) is 5.69 Å². The van der Waals surface area contributed by atoms with Crippen LogP contribution in [0, 0.1) is 0 Å². The number of benzene rings is 1. The number of aromatic hydroxyl groups is 1. The highest BCUT2D eigenvalue weighted by Gasteiger charge is 2.14. The highest BCUT2D eigenvalue weighted by molar-refractivity contribution is 5.94. The van der Waals surface area contributed by atoms with Gasteiger partial charge in [0.2, 0.25) is 0 Å². The Balaban J connectivity index is 3.27. The summed E-state index contributed by atoms with van der Waals surface area (Å²) < 4.78 is 0. The van der Waals surface area contributed by atoms with Crippen LogP contribution in [-0.2, 0) is 0 Å². The van der Waals surface area contributed by atoms with E-state index >= 15 is 0 Å². The first-order valence-corrected chi connectivity index (χ1v) is 3.26. The molecule has 1 rings (SSSR count). The van der Waals surface area contributed by atoms with Crippen molar-refractivity contribution in [1.29, 1.82) is 0 Å². The van der Waals surface area contributed by atoms with Crippen molar-refractivity contribution < 1.29 is 25.4 Å². The van der Waals surface area contributed by atoms with Gasteiger partial charge in [-0.1, -0.05) is 0 Å². The van der Waals surface area contributed by atoms with Gasteiger partial charge in [-0.05, 0) is 18.2 Å². The summed E-state index contributed by atoms with van der Waals surface area (Å²) in [6.45, 7) is 0.